The number of aromatic nitrogens is 2. The first-order chi connectivity index (χ1) is 11.1. The number of halogens is 2. The molecule has 1 aromatic heterocycles. The Morgan fingerprint density at radius 1 is 1.24 bits per heavy atom. The van der Waals surface area contributed by atoms with Gasteiger partial charge in [0.05, 0.1) is 23.4 Å². The lowest BCUT2D eigenvalue weighted by Gasteiger charge is -2.11. The van der Waals surface area contributed by atoms with Gasteiger partial charge in [-0.3, -0.25) is 4.79 Å². The SMILES string of the molecule is Cc1cccc(-n2ncc3ccc(NC(=O)[C@@H](N)CN)cc32)c1.Cl.Cl. The van der Waals surface area contributed by atoms with E-state index < -0.39 is 6.04 Å². The van der Waals surface area contributed by atoms with Crippen LogP contribution in [-0.4, -0.2) is 28.3 Å². The van der Waals surface area contributed by atoms with Crippen molar-refractivity contribution < 1.29 is 4.79 Å². The lowest BCUT2D eigenvalue weighted by atomic mass is 10.2. The number of nitrogens with two attached hydrogens (primary N) is 2. The van der Waals surface area contributed by atoms with Crippen molar-refractivity contribution in [3.8, 4) is 5.69 Å². The maximum Gasteiger partial charge on any atom is 0.242 e. The lowest BCUT2D eigenvalue weighted by molar-refractivity contribution is -0.117. The van der Waals surface area contributed by atoms with Gasteiger partial charge in [0, 0.05) is 17.6 Å². The van der Waals surface area contributed by atoms with Crippen molar-refractivity contribution in [1.29, 1.82) is 0 Å². The molecular formula is C17H21Cl2N5O. The van der Waals surface area contributed by atoms with E-state index in [-0.39, 0.29) is 37.3 Å². The first kappa shape index (κ1) is 20.9. The largest absolute Gasteiger partial charge is 0.328 e. The molecule has 134 valence electrons. The van der Waals surface area contributed by atoms with Gasteiger partial charge in [-0.05, 0) is 42.8 Å². The summed E-state index contributed by atoms with van der Waals surface area (Å²) >= 11 is 0. The molecule has 0 fully saturated rings. The summed E-state index contributed by atoms with van der Waals surface area (Å²) in [6, 6.07) is 13.0. The predicted octanol–water partition coefficient (Wildman–Crippen LogP) is 2.40. The molecule has 25 heavy (non-hydrogen) atoms. The summed E-state index contributed by atoms with van der Waals surface area (Å²) in [5.41, 5.74) is 14.8. The minimum absolute atomic E-state index is 0. The zero-order chi connectivity index (χ0) is 16.4. The van der Waals surface area contributed by atoms with Crippen molar-refractivity contribution in [1.82, 2.24) is 9.78 Å². The van der Waals surface area contributed by atoms with E-state index in [0.29, 0.717) is 5.69 Å². The number of nitrogens with one attached hydrogen (secondary N) is 1. The van der Waals surface area contributed by atoms with Crippen LogP contribution in [0.1, 0.15) is 5.56 Å². The number of rotatable bonds is 4. The molecule has 8 heteroatoms. The second-order valence-electron chi connectivity index (χ2n) is 5.50. The first-order valence-corrected chi connectivity index (χ1v) is 7.40. The Labute approximate surface area is 158 Å². The molecule has 0 bridgehead atoms. The maximum atomic E-state index is 11.9. The van der Waals surface area contributed by atoms with Gasteiger partial charge in [0.25, 0.3) is 0 Å². The third-order valence-corrected chi connectivity index (χ3v) is 3.68. The van der Waals surface area contributed by atoms with Crippen molar-refractivity contribution in [2.75, 3.05) is 11.9 Å². The molecule has 5 N–H and O–H groups in total. The summed E-state index contributed by atoms with van der Waals surface area (Å²) < 4.78 is 1.85. The van der Waals surface area contributed by atoms with Crippen LogP contribution in [0.25, 0.3) is 16.6 Å². The van der Waals surface area contributed by atoms with Gasteiger partial charge in [0.1, 0.15) is 0 Å². The Morgan fingerprint density at radius 2 is 2.00 bits per heavy atom. The molecule has 0 unspecified atom stereocenters. The molecule has 3 aromatic rings. The van der Waals surface area contributed by atoms with E-state index in [0.717, 1.165) is 22.2 Å². The zero-order valence-electron chi connectivity index (χ0n) is 13.7. The normalized spacial score (nSPS) is 11.3. The molecule has 0 saturated carbocycles. The summed E-state index contributed by atoms with van der Waals surface area (Å²) in [6.45, 7) is 2.14. The summed E-state index contributed by atoms with van der Waals surface area (Å²) in [5.74, 6) is -0.298. The highest BCUT2D eigenvalue weighted by Crippen LogP contribution is 2.22. The van der Waals surface area contributed by atoms with Crippen molar-refractivity contribution in [2.45, 2.75) is 13.0 Å². The number of carbonyl (C=O) groups excluding carboxylic acids is 1. The average molecular weight is 382 g/mol. The highest BCUT2D eigenvalue weighted by Gasteiger charge is 2.12. The van der Waals surface area contributed by atoms with Crippen LogP contribution >= 0.6 is 24.8 Å². The molecule has 0 aliphatic rings. The molecule has 0 radical (unpaired) electrons. The Hall–Kier alpha value is -2.12. The van der Waals surface area contributed by atoms with E-state index in [4.69, 9.17) is 11.5 Å². The Kier molecular flexibility index (Phi) is 7.38. The minimum Gasteiger partial charge on any atom is -0.328 e. The molecule has 0 saturated heterocycles. The molecule has 1 atom stereocenters. The van der Waals surface area contributed by atoms with E-state index in [2.05, 4.69) is 16.5 Å². The Morgan fingerprint density at radius 3 is 2.68 bits per heavy atom. The van der Waals surface area contributed by atoms with Crippen LogP contribution < -0.4 is 16.8 Å². The van der Waals surface area contributed by atoms with E-state index in [1.54, 1.807) is 6.20 Å². The summed E-state index contributed by atoms with van der Waals surface area (Å²) in [7, 11) is 0. The predicted molar refractivity (Wildman–Crippen MR) is 106 cm³/mol. The van der Waals surface area contributed by atoms with Gasteiger partial charge in [-0.2, -0.15) is 5.10 Å². The maximum absolute atomic E-state index is 11.9. The first-order valence-electron chi connectivity index (χ1n) is 7.40. The Balaban J connectivity index is 0.00000156. The fourth-order valence-corrected chi connectivity index (χ4v) is 2.40. The van der Waals surface area contributed by atoms with E-state index >= 15 is 0 Å². The van der Waals surface area contributed by atoms with E-state index in [9.17, 15) is 4.79 Å². The number of hydrogen-bond acceptors (Lipinski definition) is 4. The highest BCUT2D eigenvalue weighted by atomic mass is 35.5. The van der Waals surface area contributed by atoms with Gasteiger partial charge in [-0.15, -0.1) is 24.8 Å². The third-order valence-electron chi connectivity index (χ3n) is 3.68. The van der Waals surface area contributed by atoms with Crippen LogP contribution in [0.15, 0.2) is 48.7 Å². The fourth-order valence-electron chi connectivity index (χ4n) is 2.40. The van der Waals surface area contributed by atoms with Gasteiger partial charge >= 0.3 is 0 Å². The average Bonchev–Trinajstić information content (AvgIpc) is 2.97. The highest BCUT2D eigenvalue weighted by molar-refractivity contribution is 5.96. The van der Waals surface area contributed by atoms with Gasteiger partial charge in [-0.1, -0.05) is 12.1 Å². The van der Waals surface area contributed by atoms with E-state index in [1.165, 1.54) is 0 Å². The fraction of sp³-hybridized carbons (Fsp3) is 0.176. The summed E-state index contributed by atoms with van der Waals surface area (Å²) in [6.07, 6.45) is 1.80. The number of hydrogen-bond donors (Lipinski definition) is 3. The number of fused-ring (bicyclic) bond motifs is 1. The number of benzene rings is 2. The molecule has 0 spiro atoms. The minimum atomic E-state index is -0.715. The number of amides is 1. The third kappa shape index (κ3) is 4.49. The molecular weight excluding hydrogens is 361 g/mol. The molecule has 6 nitrogen and oxygen atoms in total. The topological polar surface area (TPSA) is 99.0 Å². The molecule has 2 aromatic carbocycles. The van der Waals surface area contributed by atoms with Crippen molar-refractivity contribution >= 4 is 47.3 Å². The zero-order valence-corrected chi connectivity index (χ0v) is 15.3. The van der Waals surface area contributed by atoms with Crippen LogP contribution in [0.2, 0.25) is 0 Å². The quantitative estimate of drug-likeness (QED) is 0.645. The summed E-state index contributed by atoms with van der Waals surface area (Å²) in [4.78, 5) is 11.9. The van der Waals surface area contributed by atoms with Crippen LogP contribution in [0.5, 0.6) is 0 Å². The van der Waals surface area contributed by atoms with Gasteiger partial charge in [-0.25, -0.2) is 4.68 Å². The Bertz CT molecular complexity index is 865. The second kappa shape index (κ2) is 8.82. The van der Waals surface area contributed by atoms with Crippen LogP contribution in [0.4, 0.5) is 5.69 Å². The molecule has 1 amide bonds. The molecule has 0 aliphatic heterocycles. The van der Waals surface area contributed by atoms with Crippen molar-refractivity contribution in [3.05, 3.63) is 54.2 Å². The number of aryl methyl sites for hydroxylation is 1. The smallest absolute Gasteiger partial charge is 0.242 e. The van der Waals surface area contributed by atoms with Gasteiger partial charge < -0.3 is 16.8 Å². The molecule has 1 heterocycles. The second-order valence-corrected chi connectivity index (χ2v) is 5.50. The number of anilines is 1. The standard InChI is InChI=1S/C17H19N5O.2ClH/c1-11-3-2-4-14(7-11)22-16-8-13(6-5-12(16)10-20-22)21-17(23)15(19)9-18;;/h2-8,10,15H,9,18-19H2,1H3,(H,21,23);2*1H/t15-;;/m0../s1. The van der Waals surface area contributed by atoms with Crippen LogP contribution in [0.3, 0.4) is 0 Å². The number of carbonyl (C=O) groups is 1. The van der Waals surface area contributed by atoms with Gasteiger partial charge in [0.2, 0.25) is 5.91 Å². The molecule has 3 rings (SSSR count). The monoisotopic (exact) mass is 381 g/mol. The number of nitrogens with zero attached hydrogens (tertiary/aromatic N) is 2. The van der Waals surface area contributed by atoms with Crippen molar-refractivity contribution in [3.63, 3.8) is 0 Å². The van der Waals surface area contributed by atoms with Gasteiger partial charge in [0.15, 0.2) is 0 Å². The van der Waals surface area contributed by atoms with Crippen LogP contribution in [0, 0.1) is 6.92 Å². The van der Waals surface area contributed by atoms with E-state index in [1.807, 2.05) is 48.0 Å². The lowest BCUT2D eigenvalue weighted by Crippen LogP contribution is -2.41. The van der Waals surface area contributed by atoms with Crippen molar-refractivity contribution in [2.24, 2.45) is 11.5 Å². The summed E-state index contributed by atoms with van der Waals surface area (Å²) in [5, 5.41) is 8.21. The molecule has 0 aliphatic carbocycles. The van der Waals surface area contributed by atoms with Crippen LogP contribution in [-0.2, 0) is 4.79 Å².